The quantitative estimate of drug-likeness (QED) is 0.374. The maximum atomic E-state index is 14.8. The summed E-state index contributed by atoms with van der Waals surface area (Å²) in [6, 6.07) is 13.6. The van der Waals surface area contributed by atoms with Gasteiger partial charge in [0.1, 0.15) is 23.7 Å². The van der Waals surface area contributed by atoms with E-state index < -0.39 is 65.6 Å². The van der Waals surface area contributed by atoms with Crippen LogP contribution < -0.4 is 10.2 Å². The average molecular weight is 648 g/mol. The normalized spacial score (nSPS) is 32.7. The van der Waals surface area contributed by atoms with Crippen LogP contribution in [-0.4, -0.2) is 76.7 Å². The number of amides is 3. The fourth-order valence-corrected chi connectivity index (χ4v) is 7.55. The minimum Gasteiger partial charge on any atom is -0.455 e. The number of aliphatic hydroxyl groups excluding tert-OH is 1. The lowest BCUT2D eigenvalue weighted by molar-refractivity contribution is -0.161. The molecule has 10 nitrogen and oxygen atoms in total. The number of nitrogens with one attached hydrogen (secondary N) is 1. The monoisotopic (exact) mass is 647 g/mol. The van der Waals surface area contributed by atoms with E-state index in [0.717, 1.165) is 0 Å². The minimum atomic E-state index is -1.47. The number of ether oxygens (including phenoxy) is 2. The third-order valence-electron chi connectivity index (χ3n) is 9.51. The van der Waals surface area contributed by atoms with Crippen molar-refractivity contribution in [2.24, 2.45) is 11.8 Å². The second-order valence-electron chi connectivity index (χ2n) is 12.2. The fourth-order valence-electron chi connectivity index (χ4n) is 7.31. The molecule has 242 valence electrons. The van der Waals surface area contributed by atoms with Crippen molar-refractivity contribution in [2.45, 2.75) is 69.0 Å². The van der Waals surface area contributed by atoms with E-state index in [4.69, 9.17) is 21.1 Å². The second kappa shape index (κ2) is 13.0. The number of aliphatic hydroxyl groups is 1. The van der Waals surface area contributed by atoms with Crippen LogP contribution in [0.5, 0.6) is 0 Å². The summed E-state index contributed by atoms with van der Waals surface area (Å²) in [6.45, 7) is 3.33. The molecule has 4 aliphatic heterocycles. The van der Waals surface area contributed by atoms with Crippen molar-refractivity contribution in [3.63, 3.8) is 0 Å². The molecule has 0 aliphatic carbocycles. The molecule has 46 heavy (non-hydrogen) atoms. The number of carbonyl (C=O) groups excluding carboxylic acids is 4. The molecule has 2 fully saturated rings. The van der Waals surface area contributed by atoms with Crippen LogP contribution in [0.4, 0.5) is 5.69 Å². The maximum Gasteiger partial charge on any atom is 0.313 e. The van der Waals surface area contributed by atoms with Crippen molar-refractivity contribution in [3.05, 3.63) is 89.5 Å². The topological polar surface area (TPSA) is 125 Å². The van der Waals surface area contributed by atoms with E-state index in [1.54, 1.807) is 49.4 Å². The van der Waals surface area contributed by atoms with Gasteiger partial charge in [0.2, 0.25) is 11.8 Å². The molecule has 2 aromatic rings. The van der Waals surface area contributed by atoms with Crippen molar-refractivity contribution < 1.29 is 33.8 Å². The first-order valence-corrected chi connectivity index (χ1v) is 16.2. The number of anilines is 1. The number of para-hydroxylation sites is 1. The third kappa shape index (κ3) is 5.42. The SMILES string of the molecule is CC[C@@H](CO)N1C(=O)[C@H]2[C@@H]3C(=O)O[C@H](c4ccccc4)[C@@H](C)NC(=O)CC/C=C\CN(c4ccccc4Cl)C(=O)[C@H]1[C@@]21C=C[C@@H]3O1. The number of hydrogen-bond acceptors (Lipinski definition) is 7. The molecule has 4 heterocycles. The first kappa shape index (κ1) is 32.0. The van der Waals surface area contributed by atoms with Crippen LogP contribution in [0.25, 0.3) is 0 Å². The standard InChI is InChI=1S/C35H38ClN3O7/c1-3-23(20-40)39-31-33(43)38(25-15-10-9-14-24(25)36)19-11-5-8-16-27(41)37-21(2)30(22-12-6-4-7-13-22)45-34(44)28-26-17-18-35(31,46-26)29(28)32(39)42/h4-7,9-15,17-18,21,23,26,28-31,40H,3,8,16,19-20H2,1-2H3,(H,37,41)/b11-5-/t21-,23+,26+,28-,29-,30+,31+,35-/m1/s1. The summed E-state index contributed by atoms with van der Waals surface area (Å²) in [5.74, 6) is -3.91. The highest BCUT2D eigenvalue weighted by Gasteiger charge is 2.74. The Balaban J connectivity index is 1.47. The van der Waals surface area contributed by atoms with Gasteiger partial charge >= 0.3 is 5.97 Å². The van der Waals surface area contributed by atoms with Crippen molar-refractivity contribution in [1.82, 2.24) is 10.2 Å². The highest BCUT2D eigenvalue weighted by molar-refractivity contribution is 6.34. The van der Waals surface area contributed by atoms with Gasteiger partial charge in [0.15, 0.2) is 0 Å². The highest BCUT2D eigenvalue weighted by atomic mass is 35.5. The smallest absolute Gasteiger partial charge is 0.313 e. The Morgan fingerprint density at radius 3 is 2.50 bits per heavy atom. The van der Waals surface area contributed by atoms with E-state index in [9.17, 15) is 24.3 Å². The lowest BCUT2D eigenvalue weighted by Gasteiger charge is -2.38. The summed E-state index contributed by atoms with van der Waals surface area (Å²) < 4.78 is 12.7. The van der Waals surface area contributed by atoms with Crippen LogP contribution in [0.3, 0.4) is 0 Å². The summed E-state index contributed by atoms with van der Waals surface area (Å²) in [5.41, 5.74) is -0.347. The Morgan fingerprint density at radius 2 is 1.78 bits per heavy atom. The van der Waals surface area contributed by atoms with Crippen molar-refractivity contribution in [2.75, 3.05) is 18.1 Å². The molecular weight excluding hydrogens is 610 g/mol. The molecule has 0 unspecified atom stereocenters. The predicted molar refractivity (Wildman–Crippen MR) is 171 cm³/mol. The lowest BCUT2D eigenvalue weighted by Crippen LogP contribution is -2.58. The van der Waals surface area contributed by atoms with E-state index in [1.807, 2.05) is 43.3 Å². The van der Waals surface area contributed by atoms with E-state index in [-0.39, 0.29) is 25.5 Å². The van der Waals surface area contributed by atoms with Crippen molar-refractivity contribution in [3.8, 4) is 0 Å². The summed E-state index contributed by atoms with van der Waals surface area (Å²) in [6.07, 6.45) is 6.37. The van der Waals surface area contributed by atoms with Gasteiger partial charge in [-0.25, -0.2) is 0 Å². The number of halogens is 1. The zero-order valence-electron chi connectivity index (χ0n) is 25.8. The molecule has 2 aromatic carbocycles. The van der Waals surface area contributed by atoms with E-state index in [2.05, 4.69) is 5.32 Å². The largest absolute Gasteiger partial charge is 0.455 e. The molecule has 0 radical (unpaired) electrons. The van der Waals surface area contributed by atoms with Crippen LogP contribution in [0, 0.1) is 11.8 Å². The highest BCUT2D eigenvalue weighted by Crippen LogP contribution is 2.56. The minimum absolute atomic E-state index is 0.102. The number of fused-ring (bicyclic) bond motifs is 2. The lowest BCUT2D eigenvalue weighted by atomic mass is 9.74. The number of esters is 1. The summed E-state index contributed by atoms with van der Waals surface area (Å²) in [4.78, 5) is 59.4. The zero-order valence-corrected chi connectivity index (χ0v) is 26.5. The van der Waals surface area contributed by atoms with Crippen LogP contribution in [0.1, 0.15) is 44.8 Å². The van der Waals surface area contributed by atoms with Crippen LogP contribution in [0.2, 0.25) is 5.02 Å². The fraction of sp³-hybridized carbons (Fsp3) is 0.429. The predicted octanol–water partition coefficient (Wildman–Crippen LogP) is 3.73. The summed E-state index contributed by atoms with van der Waals surface area (Å²) in [5, 5.41) is 13.7. The van der Waals surface area contributed by atoms with Crippen molar-refractivity contribution >= 4 is 41.0 Å². The van der Waals surface area contributed by atoms with E-state index in [1.165, 1.54) is 9.80 Å². The maximum absolute atomic E-state index is 14.8. The average Bonchev–Trinajstić information content (AvgIpc) is 3.70. The molecule has 8 atom stereocenters. The zero-order chi connectivity index (χ0) is 32.6. The number of rotatable bonds is 5. The molecule has 1 spiro atoms. The molecule has 2 N–H and O–H groups in total. The third-order valence-corrected chi connectivity index (χ3v) is 9.83. The van der Waals surface area contributed by atoms with Crippen LogP contribution >= 0.6 is 11.6 Å². The Morgan fingerprint density at radius 1 is 1.04 bits per heavy atom. The first-order valence-electron chi connectivity index (χ1n) is 15.8. The number of hydrogen-bond donors (Lipinski definition) is 2. The molecule has 3 amide bonds. The molecule has 4 aliphatic rings. The van der Waals surface area contributed by atoms with Gasteiger partial charge < -0.3 is 29.7 Å². The van der Waals surface area contributed by atoms with Gasteiger partial charge in [-0.1, -0.05) is 85.3 Å². The number of carbonyl (C=O) groups is 4. The molecule has 0 saturated carbocycles. The van der Waals surface area contributed by atoms with Gasteiger partial charge in [-0.2, -0.15) is 0 Å². The second-order valence-corrected chi connectivity index (χ2v) is 12.6. The molecule has 0 aromatic heterocycles. The van der Waals surface area contributed by atoms with Crippen molar-refractivity contribution in [1.29, 1.82) is 0 Å². The van der Waals surface area contributed by atoms with Gasteiger partial charge in [-0.05, 0) is 37.5 Å². The van der Waals surface area contributed by atoms with Gasteiger partial charge in [0.25, 0.3) is 5.91 Å². The van der Waals surface area contributed by atoms with Gasteiger partial charge in [-0.15, -0.1) is 0 Å². The molecule has 6 rings (SSSR count). The molecule has 11 heteroatoms. The Kier molecular flexibility index (Phi) is 9.05. The molecule has 2 saturated heterocycles. The number of benzene rings is 2. The number of nitrogens with zero attached hydrogens (tertiary/aromatic N) is 2. The van der Waals surface area contributed by atoms with Gasteiger partial charge in [0, 0.05) is 13.0 Å². The van der Waals surface area contributed by atoms with Gasteiger partial charge in [0.05, 0.1) is 41.4 Å². The Labute approximate surface area is 273 Å². The van der Waals surface area contributed by atoms with Crippen LogP contribution in [-0.2, 0) is 28.7 Å². The first-order chi connectivity index (χ1) is 22.2. The number of allylic oxidation sites excluding steroid dienone is 1. The Bertz CT molecular complexity index is 1560. The van der Waals surface area contributed by atoms with E-state index in [0.29, 0.717) is 29.1 Å². The molecule has 5 bridgehead atoms. The van der Waals surface area contributed by atoms with Crippen LogP contribution in [0.15, 0.2) is 78.9 Å². The number of likely N-dealkylation sites (tertiary alicyclic amines) is 1. The van der Waals surface area contributed by atoms with E-state index >= 15 is 0 Å². The summed E-state index contributed by atoms with van der Waals surface area (Å²) >= 11 is 6.61. The van der Waals surface area contributed by atoms with Gasteiger partial charge in [-0.3, -0.25) is 19.2 Å². The molecular formula is C35H38ClN3O7. The number of cyclic esters (lactones) is 1. The summed E-state index contributed by atoms with van der Waals surface area (Å²) in [7, 11) is 0. The Hall–Kier alpha value is -3.99.